The summed E-state index contributed by atoms with van der Waals surface area (Å²) >= 11 is 0. The fraction of sp³-hybridized carbons (Fsp3) is 0. The minimum atomic E-state index is -0.833. The molecule has 0 rings (SSSR count). The average Bonchev–Trinajstić information content (AvgIpc) is 0.918. The van der Waals surface area contributed by atoms with Gasteiger partial charge in [0.15, 0.2) is 0 Å². The van der Waals surface area contributed by atoms with Crippen LogP contribution in [0.15, 0.2) is 0 Å². The maximum absolute atomic E-state index is 8.46. The van der Waals surface area contributed by atoms with Crippen LogP contribution in [-0.2, 0) is 4.57 Å². The zero-order chi connectivity index (χ0) is 2.71. The fourth-order valence-electron chi connectivity index (χ4n) is 0. The van der Waals surface area contributed by atoms with E-state index in [1.165, 1.54) is 0 Å². The second-order valence-corrected chi connectivity index (χ2v) is 0.245. The Hall–Kier alpha value is 1.32. The first-order valence-electron chi connectivity index (χ1n) is 0.383. The molecule has 0 unspecified atom stereocenters. The third kappa shape index (κ3) is 57.0. The Bertz CT molecular complexity index is 19.0. The summed E-state index contributed by atoms with van der Waals surface area (Å²) in [5.41, 5.74) is 0. The SMILES string of the molecule is O=PO.[CH3-].[CH3-].[Ca+2]. The Morgan fingerprint density at radius 3 is 1.33 bits per heavy atom. The van der Waals surface area contributed by atoms with Gasteiger partial charge in [0.1, 0.15) is 0 Å². The van der Waals surface area contributed by atoms with Crippen molar-refractivity contribution in [1.82, 2.24) is 0 Å². The van der Waals surface area contributed by atoms with E-state index in [2.05, 4.69) is 0 Å². The molecule has 0 aliphatic carbocycles. The van der Waals surface area contributed by atoms with Crippen molar-refractivity contribution in [3.8, 4) is 0 Å². The van der Waals surface area contributed by atoms with E-state index in [-0.39, 0.29) is 52.6 Å². The van der Waals surface area contributed by atoms with Crippen LogP contribution in [0.3, 0.4) is 0 Å². The maximum atomic E-state index is 8.46. The van der Waals surface area contributed by atoms with Crippen LogP contribution in [-0.4, -0.2) is 42.6 Å². The molecular formula is C2H7CaO2P. The van der Waals surface area contributed by atoms with Crippen LogP contribution < -0.4 is 0 Å². The predicted octanol–water partition coefficient (Wildman–Crippen LogP) is 0.705. The monoisotopic (exact) mass is 134 g/mol. The third-order valence-electron chi connectivity index (χ3n) is 0. The van der Waals surface area contributed by atoms with Crippen molar-refractivity contribution in [3.05, 3.63) is 14.9 Å². The van der Waals surface area contributed by atoms with Crippen LogP contribution in [0.1, 0.15) is 0 Å². The summed E-state index contributed by atoms with van der Waals surface area (Å²) in [5, 5.41) is 0. The molecule has 2 nitrogen and oxygen atoms in total. The van der Waals surface area contributed by atoms with Gasteiger partial charge in [-0.05, 0) is 0 Å². The van der Waals surface area contributed by atoms with Gasteiger partial charge >= 0.3 is 46.4 Å². The molecule has 4 heteroatoms. The topological polar surface area (TPSA) is 37.3 Å². The largest absolute Gasteiger partial charge is 2.00 e. The second kappa shape index (κ2) is 33.2. The van der Waals surface area contributed by atoms with Crippen molar-refractivity contribution < 1.29 is 9.46 Å². The van der Waals surface area contributed by atoms with Gasteiger partial charge in [0.05, 0.1) is 0 Å². The van der Waals surface area contributed by atoms with E-state index in [9.17, 15) is 0 Å². The summed E-state index contributed by atoms with van der Waals surface area (Å²) in [6.07, 6.45) is 0. The number of hydrogen-bond acceptors (Lipinski definition) is 1. The average molecular weight is 134 g/mol. The van der Waals surface area contributed by atoms with Crippen LogP contribution in [0.4, 0.5) is 0 Å². The van der Waals surface area contributed by atoms with Gasteiger partial charge in [0, 0.05) is 0 Å². The van der Waals surface area contributed by atoms with E-state index in [1.54, 1.807) is 0 Å². The van der Waals surface area contributed by atoms with Crippen LogP contribution in [0.25, 0.3) is 0 Å². The molecule has 0 atom stereocenters. The van der Waals surface area contributed by atoms with Crippen molar-refractivity contribution in [2.75, 3.05) is 0 Å². The summed E-state index contributed by atoms with van der Waals surface area (Å²) in [6, 6.07) is 0. The number of hydrogen-bond donors (Lipinski definition) is 1. The summed E-state index contributed by atoms with van der Waals surface area (Å²) in [7, 11) is -0.833. The molecule has 0 fully saturated rings. The van der Waals surface area contributed by atoms with Gasteiger partial charge in [-0.2, -0.15) is 0 Å². The van der Waals surface area contributed by atoms with Gasteiger partial charge < -0.3 is 19.7 Å². The molecule has 0 aliphatic heterocycles. The first-order chi connectivity index (χ1) is 1.41. The van der Waals surface area contributed by atoms with Crippen molar-refractivity contribution in [2.24, 2.45) is 0 Å². The molecule has 0 bridgehead atoms. The van der Waals surface area contributed by atoms with E-state index in [0.717, 1.165) is 0 Å². The Morgan fingerprint density at radius 1 is 1.33 bits per heavy atom. The molecule has 34 valence electrons. The zero-order valence-electron chi connectivity index (χ0n) is 4.01. The normalized spacial score (nSPS) is 3.50. The molecule has 0 spiro atoms. The van der Waals surface area contributed by atoms with Crippen LogP contribution in [0.5, 0.6) is 0 Å². The standard InChI is InChI=1S/2CH3.Ca.HO2P/c;;;1-3-2/h2*1H3;;(H,1,2)/q2*-1;+2;. The molecule has 0 saturated heterocycles. The Labute approximate surface area is 70.2 Å². The molecule has 0 aromatic heterocycles. The molecule has 0 radical (unpaired) electrons. The van der Waals surface area contributed by atoms with Crippen molar-refractivity contribution in [1.29, 1.82) is 0 Å². The van der Waals surface area contributed by atoms with E-state index in [1.807, 2.05) is 0 Å². The van der Waals surface area contributed by atoms with Crippen molar-refractivity contribution >= 4 is 46.4 Å². The summed E-state index contributed by atoms with van der Waals surface area (Å²) in [6.45, 7) is 0. The molecule has 6 heavy (non-hydrogen) atoms. The van der Waals surface area contributed by atoms with Crippen LogP contribution >= 0.6 is 8.69 Å². The second-order valence-electron chi connectivity index (χ2n) is 0.0816. The molecule has 1 N–H and O–H groups in total. The van der Waals surface area contributed by atoms with Gasteiger partial charge in [-0.3, -0.25) is 0 Å². The molecular weight excluding hydrogens is 127 g/mol. The molecule has 0 heterocycles. The predicted molar refractivity (Wildman–Crippen MR) is 28.4 cm³/mol. The van der Waals surface area contributed by atoms with Gasteiger partial charge in [-0.15, -0.1) is 0 Å². The van der Waals surface area contributed by atoms with E-state index < -0.39 is 8.69 Å². The maximum Gasteiger partial charge on any atom is 2.00 e. The molecule has 0 saturated carbocycles. The zero-order valence-corrected chi connectivity index (χ0v) is 7.11. The summed E-state index contributed by atoms with van der Waals surface area (Å²) in [4.78, 5) is 6.99. The quantitative estimate of drug-likeness (QED) is 0.301. The summed E-state index contributed by atoms with van der Waals surface area (Å²) < 4.78 is 8.46. The van der Waals surface area contributed by atoms with Crippen LogP contribution in [0.2, 0.25) is 0 Å². The Morgan fingerprint density at radius 2 is 1.33 bits per heavy atom. The van der Waals surface area contributed by atoms with Crippen molar-refractivity contribution in [3.63, 3.8) is 0 Å². The van der Waals surface area contributed by atoms with Gasteiger partial charge in [0.2, 0.25) is 0 Å². The molecule has 0 amide bonds. The first kappa shape index (κ1) is 26.5. The van der Waals surface area contributed by atoms with E-state index >= 15 is 0 Å². The minimum Gasteiger partial charge on any atom is -0.358 e. The van der Waals surface area contributed by atoms with Crippen LogP contribution in [0, 0.1) is 14.9 Å². The van der Waals surface area contributed by atoms with E-state index in [0.29, 0.717) is 0 Å². The minimum absolute atomic E-state index is 0. The third-order valence-corrected chi connectivity index (χ3v) is 0. The smallest absolute Gasteiger partial charge is 0.358 e. The van der Waals surface area contributed by atoms with Gasteiger partial charge in [0.25, 0.3) is 0 Å². The van der Waals surface area contributed by atoms with Gasteiger partial charge in [-0.25, -0.2) is 4.57 Å². The van der Waals surface area contributed by atoms with Crippen molar-refractivity contribution in [2.45, 2.75) is 0 Å². The van der Waals surface area contributed by atoms with Gasteiger partial charge in [-0.1, -0.05) is 0 Å². The molecule has 0 aliphatic rings. The first-order valence-corrected chi connectivity index (χ1v) is 1.15. The number of rotatable bonds is 0. The molecule has 0 aromatic rings. The Balaban J connectivity index is -0.00000000667. The fourth-order valence-corrected chi connectivity index (χ4v) is 0. The summed E-state index contributed by atoms with van der Waals surface area (Å²) in [5.74, 6) is 0. The molecule has 0 aromatic carbocycles. The Kier molecular flexibility index (Phi) is 147. The van der Waals surface area contributed by atoms with E-state index in [4.69, 9.17) is 9.46 Å².